The molecule has 0 bridgehead atoms. The number of aliphatic imine (C=N–C) groups is 1. The van der Waals surface area contributed by atoms with Gasteiger partial charge in [-0.2, -0.15) is 0 Å². The lowest BCUT2D eigenvalue weighted by Crippen LogP contribution is -2.45. The quantitative estimate of drug-likeness (QED) is 0.252. The Bertz CT molecular complexity index is 885. The van der Waals surface area contributed by atoms with Crippen LogP contribution < -0.4 is 20.9 Å². The zero-order chi connectivity index (χ0) is 21.6. The van der Waals surface area contributed by atoms with Crippen molar-refractivity contribution >= 4 is 51.5 Å². The number of sulfone groups is 1. The molecule has 3 rings (SSSR count). The molecule has 174 valence electrons. The Morgan fingerprint density at radius 1 is 1.32 bits per heavy atom. The van der Waals surface area contributed by atoms with E-state index >= 15 is 0 Å². The van der Waals surface area contributed by atoms with Crippen LogP contribution in [0.3, 0.4) is 0 Å². The minimum absolute atomic E-state index is 0. The Hall–Kier alpha value is -1.70. The van der Waals surface area contributed by atoms with Gasteiger partial charge in [-0.05, 0) is 31.9 Å². The van der Waals surface area contributed by atoms with E-state index in [1.54, 1.807) is 12.3 Å². The molecule has 1 aromatic heterocycles. The summed E-state index contributed by atoms with van der Waals surface area (Å²) >= 11 is 0. The SMILES string of the molecule is CCNC(=NCCC(=O)NC1CCS(=O)(=O)C1)NC1CCN(c2ncccc2F)C1.I. The molecule has 2 fully saturated rings. The number of guanidine groups is 1. The highest BCUT2D eigenvalue weighted by atomic mass is 127. The summed E-state index contributed by atoms with van der Waals surface area (Å²) in [7, 11) is -3.02. The number of anilines is 1. The molecule has 3 N–H and O–H groups in total. The number of carbonyl (C=O) groups excluding carboxylic acids is 1. The van der Waals surface area contributed by atoms with Crippen molar-refractivity contribution in [2.45, 2.75) is 38.3 Å². The number of hydrogen-bond acceptors (Lipinski definition) is 6. The maximum absolute atomic E-state index is 14.0. The van der Waals surface area contributed by atoms with E-state index in [0.29, 0.717) is 37.8 Å². The lowest BCUT2D eigenvalue weighted by Gasteiger charge is -2.20. The van der Waals surface area contributed by atoms with Gasteiger partial charge in [-0.3, -0.25) is 9.79 Å². The molecule has 0 radical (unpaired) electrons. The largest absolute Gasteiger partial charge is 0.357 e. The summed E-state index contributed by atoms with van der Waals surface area (Å²) in [5, 5.41) is 9.25. The molecule has 1 aromatic rings. The van der Waals surface area contributed by atoms with Crippen LogP contribution in [0.2, 0.25) is 0 Å². The van der Waals surface area contributed by atoms with Gasteiger partial charge < -0.3 is 20.9 Å². The van der Waals surface area contributed by atoms with Gasteiger partial charge in [0.25, 0.3) is 0 Å². The van der Waals surface area contributed by atoms with Gasteiger partial charge in [-0.15, -0.1) is 24.0 Å². The topological polar surface area (TPSA) is 116 Å². The second-order valence-corrected chi connectivity index (χ2v) is 9.79. The van der Waals surface area contributed by atoms with Crippen molar-refractivity contribution < 1.29 is 17.6 Å². The summed E-state index contributed by atoms with van der Waals surface area (Å²) in [5.74, 6) is 0.567. The predicted octanol–water partition coefficient (Wildman–Crippen LogP) is 0.666. The summed E-state index contributed by atoms with van der Waals surface area (Å²) in [6.07, 6.45) is 3.05. The summed E-state index contributed by atoms with van der Waals surface area (Å²) in [4.78, 5) is 22.5. The van der Waals surface area contributed by atoms with Crippen molar-refractivity contribution in [2.75, 3.05) is 42.6 Å². The molecule has 12 heteroatoms. The van der Waals surface area contributed by atoms with Crippen molar-refractivity contribution in [1.29, 1.82) is 0 Å². The average Bonchev–Trinajstić information content (AvgIpc) is 3.28. The number of pyridine rings is 1. The Balaban J connectivity index is 0.00000341. The molecule has 2 aliphatic rings. The summed E-state index contributed by atoms with van der Waals surface area (Å²) in [6.45, 7) is 4.20. The summed E-state index contributed by atoms with van der Waals surface area (Å²) < 4.78 is 36.9. The highest BCUT2D eigenvalue weighted by Crippen LogP contribution is 2.20. The van der Waals surface area contributed by atoms with Crippen LogP contribution >= 0.6 is 24.0 Å². The van der Waals surface area contributed by atoms with Crippen molar-refractivity contribution in [2.24, 2.45) is 4.99 Å². The van der Waals surface area contributed by atoms with Gasteiger partial charge in [0.1, 0.15) is 0 Å². The van der Waals surface area contributed by atoms with E-state index in [1.807, 2.05) is 11.8 Å². The molecule has 0 aromatic carbocycles. The number of amides is 1. The monoisotopic (exact) mass is 568 g/mol. The molecule has 2 atom stereocenters. The number of aromatic nitrogens is 1. The fourth-order valence-electron chi connectivity index (χ4n) is 3.67. The van der Waals surface area contributed by atoms with Gasteiger partial charge in [0.15, 0.2) is 27.4 Å². The van der Waals surface area contributed by atoms with Crippen molar-refractivity contribution in [3.05, 3.63) is 24.1 Å². The van der Waals surface area contributed by atoms with Crippen LogP contribution in [0, 0.1) is 5.82 Å². The van der Waals surface area contributed by atoms with E-state index in [2.05, 4.69) is 25.9 Å². The minimum atomic E-state index is -3.02. The first-order valence-electron chi connectivity index (χ1n) is 10.3. The number of halogens is 2. The second kappa shape index (κ2) is 11.8. The number of hydrogen-bond donors (Lipinski definition) is 3. The minimum Gasteiger partial charge on any atom is -0.357 e. The molecule has 0 saturated carbocycles. The standard InChI is InChI=1S/C19H29FN6O3S.HI/c1-2-21-19(23-9-5-17(27)24-15-7-11-30(28,29)13-15)25-14-6-10-26(12-14)18-16(20)4-3-8-22-18;/h3-4,8,14-15H,2,5-7,9-13H2,1H3,(H,24,27)(H2,21,23,25);1H. The lowest BCUT2D eigenvalue weighted by molar-refractivity contribution is -0.121. The van der Waals surface area contributed by atoms with Crippen molar-refractivity contribution in [3.8, 4) is 0 Å². The van der Waals surface area contributed by atoms with Crippen molar-refractivity contribution in [3.63, 3.8) is 0 Å². The van der Waals surface area contributed by atoms with Gasteiger partial charge in [0.2, 0.25) is 5.91 Å². The van der Waals surface area contributed by atoms with Crippen LogP contribution in [0.15, 0.2) is 23.3 Å². The van der Waals surface area contributed by atoms with E-state index in [-0.39, 0.29) is 72.3 Å². The third kappa shape index (κ3) is 7.74. The Labute approximate surface area is 199 Å². The van der Waals surface area contributed by atoms with Crippen LogP contribution in [0.5, 0.6) is 0 Å². The van der Waals surface area contributed by atoms with Gasteiger partial charge in [0, 0.05) is 44.3 Å². The highest BCUT2D eigenvalue weighted by molar-refractivity contribution is 14.0. The first-order valence-corrected chi connectivity index (χ1v) is 12.1. The summed E-state index contributed by atoms with van der Waals surface area (Å²) in [6, 6.07) is 2.76. The van der Waals surface area contributed by atoms with E-state index < -0.39 is 9.84 Å². The van der Waals surface area contributed by atoms with Crippen molar-refractivity contribution in [1.82, 2.24) is 20.9 Å². The van der Waals surface area contributed by atoms with Crippen LogP contribution in [-0.4, -0.2) is 75.0 Å². The van der Waals surface area contributed by atoms with Crippen LogP contribution in [0.25, 0.3) is 0 Å². The molecular formula is C19H30FIN6O3S. The van der Waals surface area contributed by atoms with Gasteiger partial charge >= 0.3 is 0 Å². The molecule has 1 amide bonds. The Morgan fingerprint density at radius 2 is 2.13 bits per heavy atom. The van der Waals surface area contributed by atoms with E-state index in [4.69, 9.17) is 0 Å². The Morgan fingerprint density at radius 3 is 2.81 bits per heavy atom. The lowest BCUT2D eigenvalue weighted by atomic mass is 10.2. The molecule has 2 aliphatic heterocycles. The average molecular weight is 568 g/mol. The maximum atomic E-state index is 14.0. The fourth-order valence-corrected chi connectivity index (χ4v) is 5.35. The molecule has 31 heavy (non-hydrogen) atoms. The number of carbonyl (C=O) groups is 1. The first kappa shape index (κ1) is 25.6. The highest BCUT2D eigenvalue weighted by Gasteiger charge is 2.29. The Kier molecular flexibility index (Phi) is 9.72. The third-order valence-corrected chi connectivity index (χ3v) is 6.89. The normalized spacial score (nSPS) is 22.6. The van der Waals surface area contributed by atoms with Crippen LogP contribution in [0.1, 0.15) is 26.2 Å². The van der Waals surface area contributed by atoms with Crippen LogP contribution in [0.4, 0.5) is 10.2 Å². The van der Waals surface area contributed by atoms with E-state index in [9.17, 15) is 17.6 Å². The predicted molar refractivity (Wildman–Crippen MR) is 129 cm³/mol. The zero-order valence-electron chi connectivity index (χ0n) is 17.5. The first-order chi connectivity index (χ1) is 14.4. The second-order valence-electron chi connectivity index (χ2n) is 7.56. The summed E-state index contributed by atoms with van der Waals surface area (Å²) in [5.41, 5.74) is 0. The molecule has 3 heterocycles. The molecule has 2 saturated heterocycles. The third-order valence-electron chi connectivity index (χ3n) is 5.12. The van der Waals surface area contributed by atoms with E-state index in [0.717, 1.165) is 6.42 Å². The molecule has 9 nitrogen and oxygen atoms in total. The number of nitrogens with one attached hydrogen (secondary N) is 3. The maximum Gasteiger partial charge on any atom is 0.222 e. The molecule has 0 aliphatic carbocycles. The number of nitrogens with zero attached hydrogens (tertiary/aromatic N) is 3. The number of rotatable bonds is 7. The molecule has 2 unspecified atom stereocenters. The van der Waals surface area contributed by atoms with Crippen LogP contribution in [-0.2, 0) is 14.6 Å². The zero-order valence-corrected chi connectivity index (χ0v) is 20.7. The molecule has 0 spiro atoms. The van der Waals surface area contributed by atoms with Gasteiger partial charge in [-0.25, -0.2) is 17.8 Å². The molecular weight excluding hydrogens is 538 g/mol. The smallest absolute Gasteiger partial charge is 0.222 e. The van der Waals surface area contributed by atoms with Gasteiger partial charge in [-0.1, -0.05) is 0 Å². The van der Waals surface area contributed by atoms with E-state index in [1.165, 1.54) is 6.07 Å². The fraction of sp³-hybridized carbons (Fsp3) is 0.632. The van der Waals surface area contributed by atoms with Gasteiger partial charge in [0.05, 0.1) is 18.1 Å².